The fourth-order valence-electron chi connectivity index (χ4n) is 2.92. The van der Waals surface area contributed by atoms with Crippen LogP contribution in [0.25, 0.3) is 0 Å². The molecule has 2 unspecified atom stereocenters. The molecule has 0 bridgehead atoms. The third-order valence-corrected chi connectivity index (χ3v) is 7.39. The summed E-state index contributed by atoms with van der Waals surface area (Å²) in [4.78, 5) is 0. The Kier molecular flexibility index (Phi) is 5.62. The Morgan fingerprint density at radius 2 is 1.85 bits per heavy atom. The van der Waals surface area contributed by atoms with Gasteiger partial charge in [-0.15, -0.1) is 0 Å². The molecule has 0 saturated heterocycles. The van der Waals surface area contributed by atoms with E-state index in [1.165, 1.54) is 11.4 Å². The molecule has 0 aliphatic heterocycles. The molecular weight excluding hydrogens is 300 g/mol. The summed E-state index contributed by atoms with van der Waals surface area (Å²) in [6.07, 6.45) is 4.55. The monoisotopic (exact) mass is 326 g/mol. The molecule has 0 amide bonds. The molecule has 0 aromatic carbocycles. The average molecular weight is 326 g/mol. The minimum absolute atomic E-state index is 0.270. The summed E-state index contributed by atoms with van der Waals surface area (Å²) in [6, 6.07) is 0. The van der Waals surface area contributed by atoms with E-state index < -0.39 is 25.4 Å². The number of sulfone groups is 1. The summed E-state index contributed by atoms with van der Waals surface area (Å²) in [7, 11) is -5.38. The molecule has 2 atom stereocenters. The third-order valence-electron chi connectivity index (χ3n) is 4.24. The zero-order valence-electron chi connectivity index (χ0n) is 12.5. The van der Waals surface area contributed by atoms with Crippen LogP contribution in [0.3, 0.4) is 0 Å². The maximum Gasteiger partial charge on any atom is 0.215 e. The van der Waals surface area contributed by atoms with Gasteiger partial charge in [-0.3, -0.25) is 0 Å². The van der Waals surface area contributed by atoms with Gasteiger partial charge in [0.1, 0.15) is 9.84 Å². The smallest absolute Gasteiger partial charge is 0.215 e. The van der Waals surface area contributed by atoms with Crippen molar-refractivity contribution in [2.75, 3.05) is 31.4 Å². The van der Waals surface area contributed by atoms with E-state index in [1.807, 2.05) is 0 Å². The SMILES string of the molecule is CC1CCCC(CN)(N(C)S(=O)(=O)CCS(C)(=O)=O)C1. The second-order valence-corrected chi connectivity index (χ2v) is 10.4. The number of sulfonamides is 1. The molecule has 0 aromatic rings. The summed E-state index contributed by atoms with van der Waals surface area (Å²) in [6.45, 7) is 2.37. The topological polar surface area (TPSA) is 97.5 Å². The van der Waals surface area contributed by atoms with Crippen LogP contribution in [0.15, 0.2) is 0 Å². The van der Waals surface area contributed by atoms with Gasteiger partial charge in [-0.1, -0.05) is 19.8 Å². The van der Waals surface area contributed by atoms with Crippen LogP contribution >= 0.6 is 0 Å². The Morgan fingerprint density at radius 3 is 2.30 bits per heavy atom. The fourth-order valence-corrected chi connectivity index (χ4v) is 6.08. The Balaban J connectivity index is 2.92. The normalized spacial score (nSPS) is 28.8. The largest absolute Gasteiger partial charge is 0.329 e. The number of hydrogen-bond acceptors (Lipinski definition) is 5. The summed E-state index contributed by atoms with van der Waals surface area (Å²) >= 11 is 0. The maximum atomic E-state index is 12.4. The molecule has 0 radical (unpaired) electrons. The van der Waals surface area contributed by atoms with E-state index in [4.69, 9.17) is 5.73 Å². The molecule has 0 heterocycles. The molecule has 120 valence electrons. The first-order valence-electron chi connectivity index (χ1n) is 6.87. The number of likely N-dealkylation sites (N-methyl/N-ethyl adjacent to an activating group) is 1. The van der Waals surface area contributed by atoms with Gasteiger partial charge in [-0.05, 0) is 18.8 Å². The predicted molar refractivity (Wildman–Crippen MR) is 80.7 cm³/mol. The lowest BCUT2D eigenvalue weighted by Crippen LogP contribution is -2.57. The van der Waals surface area contributed by atoms with Crippen molar-refractivity contribution in [3.8, 4) is 0 Å². The van der Waals surface area contributed by atoms with Crippen molar-refractivity contribution in [3.63, 3.8) is 0 Å². The van der Waals surface area contributed by atoms with E-state index in [2.05, 4.69) is 6.92 Å². The van der Waals surface area contributed by atoms with Crippen molar-refractivity contribution in [1.82, 2.24) is 4.31 Å². The molecule has 1 rings (SSSR count). The molecule has 8 heteroatoms. The lowest BCUT2D eigenvalue weighted by atomic mass is 9.76. The molecular formula is C12H26N2O4S2. The lowest BCUT2D eigenvalue weighted by Gasteiger charge is -2.45. The lowest BCUT2D eigenvalue weighted by molar-refractivity contribution is 0.128. The highest BCUT2D eigenvalue weighted by Crippen LogP contribution is 2.36. The van der Waals surface area contributed by atoms with E-state index >= 15 is 0 Å². The van der Waals surface area contributed by atoms with Crippen molar-refractivity contribution in [3.05, 3.63) is 0 Å². The highest BCUT2D eigenvalue weighted by Gasteiger charge is 2.42. The highest BCUT2D eigenvalue weighted by molar-refractivity contribution is 7.93. The second-order valence-electron chi connectivity index (χ2n) is 6.04. The second kappa shape index (κ2) is 6.29. The van der Waals surface area contributed by atoms with Crippen LogP contribution in [0.2, 0.25) is 0 Å². The standard InChI is InChI=1S/C12H26N2O4S2/c1-11-5-4-6-12(9-11,10-13)14(2)20(17,18)8-7-19(3,15)16/h11H,4-10,13H2,1-3H3. The third kappa shape index (κ3) is 4.41. The highest BCUT2D eigenvalue weighted by atomic mass is 32.2. The van der Waals surface area contributed by atoms with Gasteiger partial charge in [0.15, 0.2) is 0 Å². The predicted octanol–water partition coefficient (Wildman–Crippen LogP) is 0.200. The minimum atomic E-state index is -3.61. The van der Waals surface area contributed by atoms with Crippen LogP contribution in [0.4, 0.5) is 0 Å². The van der Waals surface area contributed by atoms with Crippen molar-refractivity contribution in [1.29, 1.82) is 0 Å². The van der Waals surface area contributed by atoms with Crippen molar-refractivity contribution in [2.45, 2.75) is 38.1 Å². The van der Waals surface area contributed by atoms with Crippen LogP contribution in [-0.4, -0.2) is 58.0 Å². The zero-order valence-corrected chi connectivity index (χ0v) is 14.1. The average Bonchev–Trinajstić information content (AvgIpc) is 2.34. The quantitative estimate of drug-likeness (QED) is 0.752. The van der Waals surface area contributed by atoms with Gasteiger partial charge in [0.05, 0.1) is 11.5 Å². The van der Waals surface area contributed by atoms with Gasteiger partial charge in [0.25, 0.3) is 0 Å². The van der Waals surface area contributed by atoms with Crippen molar-refractivity contribution < 1.29 is 16.8 Å². The first kappa shape index (κ1) is 17.9. The number of nitrogens with two attached hydrogens (primary N) is 1. The molecule has 20 heavy (non-hydrogen) atoms. The van der Waals surface area contributed by atoms with Crippen molar-refractivity contribution >= 4 is 19.9 Å². The van der Waals surface area contributed by atoms with Crippen molar-refractivity contribution in [2.24, 2.45) is 11.7 Å². The van der Waals surface area contributed by atoms with Gasteiger partial charge in [0.2, 0.25) is 10.0 Å². The summed E-state index contributed by atoms with van der Waals surface area (Å²) < 4.78 is 48.4. The number of nitrogens with zero attached hydrogens (tertiary/aromatic N) is 1. The molecule has 1 aliphatic rings. The summed E-state index contributed by atoms with van der Waals surface area (Å²) in [5.41, 5.74) is 5.29. The van der Waals surface area contributed by atoms with Crippen LogP contribution in [-0.2, 0) is 19.9 Å². The molecule has 0 spiro atoms. The van der Waals surface area contributed by atoms with Gasteiger partial charge < -0.3 is 5.73 Å². The van der Waals surface area contributed by atoms with Crippen LogP contribution in [0.5, 0.6) is 0 Å². The molecule has 1 saturated carbocycles. The molecule has 6 nitrogen and oxygen atoms in total. The van der Waals surface area contributed by atoms with Crippen LogP contribution in [0, 0.1) is 5.92 Å². The minimum Gasteiger partial charge on any atom is -0.329 e. The molecule has 1 fully saturated rings. The van der Waals surface area contributed by atoms with Gasteiger partial charge >= 0.3 is 0 Å². The number of hydrogen-bond donors (Lipinski definition) is 1. The Labute approximate surface area is 122 Å². The Bertz CT molecular complexity index is 530. The van der Waals surface area contributed by atoms with E-state index in [0.29, 0.717) is 5.92 Å². The Hall–Kier alpha value is -0.180. The Morgan fingerprint density at radius 1 is 1.25 bits per heavy atom. The number of rotatable bonds is 6. The summed E-state index contributed by atoms with van der Waals surface area (Å²) in [5.74, 6) is -0.297. The first-order valence-corrected chi connectivity index (χ1v) is 10.5. The van der Waals surface area contributed by atoms with E-state index in [0.717, 1.165) is 31.9 Å². The molecule has 1 aliphatic carbocycles. The van der Waals surface area contributed by atoms with E-state index in [9.17, 15) is 16.8 Å². The molecule has 2 N–H and O–H groups in total. The first-order chi connectivity index (χ1) is 9.02. The zero-order chi connectivity index (χ0) is 15.6. The van der Waals surface area contributed by atoms with E-state index in [-0.39, 0.29) is 18.1 Å². The van der Waals surface area contributed by atoms with Gasteiger partial charge in [-0.25, -0.2) is 16.8 Å². The fraction of sp³-hybridized carbons (Fsp3) is 1.00. The van der Waals surface area contributed by atoms with Crippen LogP contribution in [0.1, 0.15) is 32.6 Å². The van der Waals surface area contributed by atoms with Gasteiger partial charge in [0, 0.05) is 25.4 Å². The van der Waals surface area contributed by atoms with Crippen LogP contribution < -0.4 is 5.73 Å². The van der Waals surface area contributed by atoms with Gasteiger partial charge in [-0.2, -0.15) is 4.31 Å². The van der Waals surface area contributed by atoms with E-state index in [1.54, 1.807) is 0 Å². The summed E-state index contributed by atoms with van der Waals surface area (Å²) in [5, 5.41) is 0. The molecule has 0 aromatic heterocycles. The maximum absolute atomic E-state index is 12.4.